The van der Waals surface area contributed by atoms with Crippen molar-refractivity contribution in [2.24, 2.45) is 10.3 Å². The second-order valence-corrected chi connectivity index (χ2v) is 8.45. The van der Waals surface area contributed by atoms with Gasteiger partial charge in [-0.3, -0.25) is 4.79 Å². The smallest absolute Gasteiger partial charge is 0.309 e. The first kappa shape index (κ1) is 18.6. The fourth-order valence-electron chi connectivity index (χ4n) is 3.50. The van der Waals surface area contributed by atoms with E-state index in [4.69, 9.17) is 4.74 Å². The number of amidine groups is 1. The summed E-state index contributed by atoms with van der Waals surface area (Å²) in [4.78, 5) is 14.5. The van der Waals surface area contributed by atoms with Crippen LogP contribution in [0.25, 0.3) is 0 Å². The Bertz CT molecular complexity index is 1030. The van der Waals surface area contributed by atoms with E-state index in [0.29, 0.717) is 37.3 Å². The van der Waals surface area contributed by atoms with Crippen molar-refractivity contribution in [2.45, 2.75) is 24.3 Å². The molecule has 0 unspecified atom stereocenters. The molecule has 2 aromatic rings. The standard InChI is InChI=1S/C20H19FN2O4S/c21-16-7-5-14(6-8-16)13-27-20(24)15-9-11-23(12-10-15)19-17-3-1-2-4-18(17)28(25,26)22-19/h1-8,15H,9-13H2. The van der Waals surface area contributed by atoms with Gasteiger partial charge in [-0.15, -0.1) is 4.40 Å². The van der Waals surface area contributed by atoms with Gasteiger partial charge in [0.15, 0.2) is 5.84 Å². The van der Waals surface area contributed by atoms with Gasteiger partial charge in [0.2, 0.25) is 0 Å². The second kappa shape index (κ2) is 7.35. The molecule has 1 saturated heterocycles. The number of likely N-dealkylation sites (tertiary alicyclic amines) is 1. The summed E-state index contributed by atoms with van der Waals surface area (Å²) in [5, 5.41) is 0. The molecule has 0 aliphatic carbocycles. The lowest BCUT2D eigenvalue weighted by molar-refractivity contribution is -0.151. The molecule has 0 bridgehead atoms. The van der Waals surface area contributed by atoms with Crippen LogP contribution in [0.4, 0.5) is 4.39 Å². The average Bonchev–Trinajstić information content (AvgIpc) is 2.99. The normalized spacial score (nSPS) is 18.5. The summed E-state index contributed by atoms with van der Waals surface area (Å²) >= 11 is 0. The molecule has 8 heteroatoms. The number of hydrogen-bond acceptors (Lipinski definition) is 5. The number of carbonyl (C=O) groups excluding carboxylic acids is 1. The molecule has 2 heterocycles. The highest BCUT2D eigenvalue weighted by atomic mass is 32.2. The summed E-state index contributed by atoms with van der Waals surface area (Å²) in [6.45, 7) is 1.16. The van der Waals surface area contributed by atoms with Gasteiger partial charge in [0.05, 0.1) is 5.92 Å². The first-order valence-corrected chi connectivity index (χ1v) is 10.5. The Morgan fingerprint density at radius 2 is 1.79 bits per heavy atom. The molecule has 0 amide bonds. The number of esters is 1. The zero-order chi connectivity index (χ0) is 19.7. The van der Waals surface area contributed by atoms with E-state index >= 15 is 0 Å². The van der Waals surface area contributed by atoms with E-state index < -0.39 is 10.0 Å². The highest BCUT2D eigenvalue weighted by Crippen LogP contribution is 2.30. The maximum Gasteiger partial charge on any atom is 0.309 e. The Morgan fingerprint density at radius 3 is 2.50 bits per heavy atom. The minimum absolute atomic E-state index is 0.109. The summed E-state index contributed by atoms with van der Waals surface area (Å²) in [7, 11) is -3.65. The van der Waals surface area contributed by atoms with E-state index in [9.17, 15) is 17.6 Å². The molecule has 0 N–H and O–H groups in total. The van der Waals surface area contributed by atoms with Crippen LogP contribution in [0.5, 0.6) is 0 Å². The van der Waals surface area contributed by atoms with Gasteiger partial charge in [-0.05, 0) is 42.7 Å². The second-order valence-electron chi connectivity index (χ2n) is 6.88. The van der Waals surface area contributed by atoms with Crippen molar-refractivity contribution in [2.75, 3.05) is 13.1 Å². The van der Waals surface area contributed by atoms with E-state index in [1.807, 2.05) is 4.90 Å². The van der Waals surface area contributed by atoms with Crippen LogP contribution in [0.2, 0.25) is 0 Å². The SMILES string of the molecule is O=C(OCc1ccc(F)cc1)C1CCN(C2=NS(=O)(=O)c3ccccc32)CC1. The van der Waals surface area contributed by atoms with E-state index in [2.05, 4.69) is 4.40 Å². The van der Waals surface area contributed by atoms with Crippen LogP contribution in [0, 0.1) is 11.7 Å². The fraction of sp³-hybridized carbons (Fsp3) is 0.300. The molecule has 28 heavy (non-hydrogen) atoms. The molecule has 4 rings (SSSR count). The summed E-state index contributed by atoms with van der Waals surface area (Å²) in [5.41, 5.74) is 1.34. The lowest BCUT2D eigenvalue weighted by Gasteiger charge is -2.32. The van der Waals surface area contributed by atoms with Gasteiger partial charge in [-0.25, -0.2) is 4.39 Å². The van der Waals surface area contributed by atoms with Gasteiger partial charge < -0.3 is 9.64 Å². The Labute approximate surface area is 162 Å². The minimum Gasteiger partial charge on any atom is -0.461 e. The molecule has 0 spiro atoms. The Hall–Kier alpha value is -2.74. The molecule has 0 atom stereocenters. The highest BCUT2D eigenvalue weighted by Gasteiger charge is 2.34. The maximum atomic E-state index is 12.9. The van der Waals surface area contributed by atoms with E-state index in [0.717, 1.165) is 5.56 Å². The number of halogens is 1. The topological polar surface area (TPSA) is 76.0 Å². The number of carbonyl (C=O) groups is 1. The first-order chi connectivity index (χ1) is 13.4. The van der Waals surface area contributed by atoms with Crippen molar-refractivity contribution in [3.05, 3.63) is 65.5 Å². The molecule has 2 aromatic carbocycles. The zero-order valence-corrected chi connectivity index (χ0v) is 15.9. The Kier molecular flexibility index (Phi) is 4.89. The van der Waals surface area contributed by atoms with Crippen LogP contribution in [0.1, 0.15) is 24.0 Å². The summed E-state index contributed by atoms with van der Waals surface area (Å²) in [6.07, 6.45) is 1.12. The zero-order valence-electron chi connectivity index (χ0n) is 15.0. The minimum atomic E-state index is -3.65. The van der Waals surface area contributed by atoms with Crippen molar-refractivity contribution in [3.8, 4) is 0 Å². The molecule has 1 fully saturated rings. The first-order valence-electron chi connectivity index (χ1n) is 9.04. The number of piperidine rings is 1. The van der Waals surface area contributed by atoms with Gasteiger partial charge in [-0.1, -0.05) is 24.3 Å². The maximum absolute atomic E-state index is 12.9. The van der Waals surface area contributed by atoms with Crippen LogP contribution in [0.3, 0.4) is 0 Å². The number of fused-ring (bicyclic) bond motifs is 1. The monoisotopic (exact) mass is 402 g/mol. The molecule has 0 aromatic heterocycles. The number of nitrogens with zero attached hydrogens (tertiary/aromatic N) is 2. The van der Waals surface area contributed by atoms with Crippen molar-refractivity contribution in [1.82, 2.24) is 4.90 Å². The van der Waals surface area contributed by atoms with Crippen LogP contribution >= 0.6 is 0 Å². The largest absolute Gasteiger partial charge is 0.461 e. The Balaban J connectivity index is 1.36. The number of rotatable bonds is 3. The van der Waals surface area contributed by atoms with Crippen LogP contribution < -0.4 is 0 Å². The fourth-order valence-corrected chi connectivity index (χ4v) is 4.72. The third kappa shape index (κ3) is 3.64. The highest BCUT2D eigenvalue weighted by molar-refractivity contribution is 7.90. The van der Waals surface area contributed by atoms with Crippen molar-refractivity contribution >= 4 is 21.8 Å². The number of benzene rings is 2. The van der Waals surface area contributed by atoms with Crippen molar-refractivity contribution in [3.63, 3.8) is 0 Å². The van der Waals surface area contributed by atoms with Gasteiger partial charge >= 0.3 is 5.97 Å². The molecule has 146 valence electrons. The summed E-state index contributed by atoms with van der Waals surface area (Å²) in [5.74, 6) is -0.412. The van der Waals surface area contributed by atoms with E-state index in [1.54, 1.807) is 36.4 Å². The molecule has 0 radical (unpaired) electrons. The van der Waals surface area contributed by atoms with Gasteiger partial charge in [0, 0.05) is 18.7 Å². The molecular formula is C20H19FN2O4S. The predicted molar refractivity (Wildman–Crippen MR) is 101 cm³/mol. The number of hydrogen-bond donors (Lipinski definition) is 0. The van der Waals surface area contributed by atoms with Gasteiger partial charge in [0.1, 0.15) is 17.3 Å². The molecule has 2 aliphatic heterocycles. The quantitative estimate of drug-likeness (QED) is 0.738. The lowest BCUT2D eigenvalue weighted by Crippen LogP contribution is -2.40. The molecule has 2 aliphatic rings. The number of ether oxygens (including phenoxy) is 1. The van der Waals surface area contributed by atoms with Crippen LogP contribution in [-0.2, 0) is 26.2 Å². The van der Waals surface area contributed by atoms with Crippen LogP contribution in [0.15, 0.2) is 57.8 Å². The lowest BCUT2D eigenvalue weighted by atomic mass is 9.96. The van der Waals surface area contributed by atoms with Crippen molar-refractivity contribution in [1.29, 1.82) is 0 Å². The van der Waals surface area contributed by atoms with Crippen molar-refractivity contribution < 1.29 is 22.3 Å². The average molecular weight is 402 g/mol. The molecule has 6 nitrogen and oxygen atoms in total. The molecular weight excluding hydrogens is 383 g/mol. The van der Waals surface area contributed by atoms with E-state index in [-0.39, 0.29) is 29.2 Å². The summed E-state index contributed by atoms with van der Waals surface area (Å²) < 4.78 is 46.6. The van der Waals surface area contributed by atoms with Gasteiger partial charge in [-0.2, -0.15) is 8.42 Å². The Morgan fingerprint density at radius 1 is 1.11 bits per heavy atom. The third-order valence-electron chi connectivity index (χ3n) is 5.03. The summed E-state index contributed by atoms with van der Waals surface area (Å²) in [6, 6.07) is 12.6. The molecule has 0 saturated carbocycles. The number of sulfonamides is 1. The van der Waals surface area contributed by atoms with E-state index in [1.165, 1.54) is 12.1 Å². The van der Waals surface area contributed by atoms with Crippen LogP contribution in [-0.4, -0.2) is 38.2 Å². The predicted octanol–water partition coefficient (Wildman–Crippen LogP) is 2.73. The van der Waals surface area contributed by atoms with Gasteiger partial charge in [0.25, 0.3) is 10.0 Å². The third-order valence-corrected chi connectivity index (χ3v) is 6.36.